The van der Waals surface area contributed by atoms with Crippen molar-refractivity contribution in [2.24, 2.45) is 5.73 Å². The van der Waals surface area contributed by atoms with Gasteiger partial charge in [0.15, 0.2) is 0 Å². The molecule has 0 aliphatic carbocycles. The fourth-order valence-corrected chi connectivity index (χ4v) is 2.06. The average Bonchev–Trinajstić information content (AvgIpc) is 2.79. The molecule has 4 nitrogen and oxygen atoms in total. The number of methoxy groups -OCH3 is 1. The standard InChI is InChI=1S/C12H19N3O/c1-16-11-4-2-10(3-5-11)15-12(8-13)6-7-14-9-12/h2-5,14-15H,6-9,13H2,1H3. The summed E-state index contributed by atoms with van der Waals surface area (Å²) in [4.78, 5) is 0. The molecule has 0 radical (unpaired) electrons. The molecule has 88 valence electrons. The van der Waals surface area contributed by atoms with Crippen molar-refractivity contribution >= 4 is 5.69 Å². The number of ether oxygens (including phenoxy) is 1. The Hall–Kier alpha value is -1.26. The van der Waals surface area contributed by atoms with Crippen LogP contribution in [0.25, 0.3) is 0 Å². The second-order valence-electron chi connectivity index (χ2n) is 4.26. The lowest BCUT2D eigenvalue weighted by atomic mass is 9.98. The van der Waals surface area contributed by atoms with Gasteiger partial charge in [0.1, 0.15) is 5.75 Å². The van der Waals surface area contributed by atoms with Crippen molar-refractivity contribution in [3.8, 4) is 5.75 Å². The summed E-state index contributed by atoms with van der Waals surface area (Å²) in [5.41, 5.74) is 6.95. The predicted octanol–water partition coefficient (Wildman–Crippen LogP) is 0.798. The summed E-state index contributed by atoms with van der Waals surface area (Å²) in [7, 11) is 1.67. The maximum Gasteiger partial charge on any atom is 0.119 e. The molecule has 1 saturated heterocycles. The van der Waals surface area contributed by atoms with Crippen molar-refractivity contribution in [1.29, 1.82) is 0 Å². The van der Waals surface area contributed by atoms with Crippen molar-refractivity contribution in [3.63, 3.8) is 0 Å². The maximum absolute atomic E-state index is 5.85. The number of anilines is 1. The normalized spacial score (nSPS) is 24.4. The van der Waals surface area contributed by atoms with E-state index in [0.717, 1.165) is 30.9 Å². The minimum absolute atomic E-state index is 0.00852. The molecule has 0 aromatic heterocycles. The maximum atomic E-state index is 5.85. The molecule has 4 N–H and O–H groups in total. The first kappa shape index (κ1) is 11.2. The molecule has 16 heavy (non-hydrogen) atoms. The Morgan fingerprint density at radius 3 is 2.69 bits per heavy atom. The number of benzene rings is 1. The molecule has 1 aliphatic heterocycles. The largest absolute Gasteiger partial charge is 0.497 e. The molecule has 0 amide bonds. The van der Waals surface area contributed by atoms with Gasteiger partial charge in [-0.2, -0.15) is 0 Å². The Labute approximate surface area is 96.2 Å². The molecule has 1 heterocycles. The number of hydrogen-bond acceptors (Lipinski definition) is 4. The molecular weight excluding hydrogens is 202 g/mol. The molecule has 1 aliphatic rings. The van der Waals surface area contributed by atoms with Crippen LogP contribution in [-0.2, 0) is 0 Å². The van der Waals surface area contributed by atoms with Crippen LogP contribution in [0.1, 0.15) is 6.42 Å². The van der Waals surface area contributed by atoms with E-state index < -0.39 is 0 Å². The van der Waals surface area contributed by atoms with Gasteiger partial charge >= 0.3 is 0 Å². The van der Waals surface area contributed by atoms with Crippen LogP contribution >= 0.6 is 0 Å². The van der Waals surface area contributed by atoms with E-state index in [1.54, 1.807) is 7.11 Å². The highest BCUT2D eigenvalue weighted by Crippen LogP contribution is 2.22. The van der Waals surface area contributed by atoms with Gasteiger partial charge in [-0.3, -0.25) is 0 Å². The predicted molar refractivity (Wildman–Crippen MR) is 65.9 cm³/mol. The summed E-state index contributed by atoms with van der Waals surface area (Å²) in [6.45, 7) is 2.60. The van der Waals surface area contributed by atoms with E-state index in [2.05, 4.69) is 10.6 Å². The van der Waals surface area contributed by atoms with Gasteiger partial charge in [-0.15, -0.1) is 0 Å². The zero-order chi connectivity index (χ0) is 11.4. The van der Waals surface area contributed by atoms with E-state index in [0.29, 0.717) is 6.54 Å². The average molecular weight is 221 g/mol. The number of nitrogens with one attached hydrogen (secondary N) is 2. The molecule has 2 rings (SSSR count). The summed E-state index contributed by atoms with van der Waals surface area (Å²) >= 11 is 0. The first-order valence-corrected chi connectivity index (χ1v) is 5.61. The molecule has 0 saturated carbocycles. The van der Waals surface area contributed by atoms with Gasteiger partial charge in [0.2, 0.25) is 0 Å². The van der Waals surface area contributed by atoms with Crippen molar-refractivity contribution in [3.05, 3.63) is 24.3 Å². The molecule has 1 atom stereocenters. The van der Waals surface area contributed by atoms with Crippen LogP contribution in [-0.4, -0.2) is 32.3 Å². The van der Waals surface area contributed by atoms with Gasteiger partial charge in [-0.25, -0.2) is 0 Å². The highest BCUT2D eigenvalue weighted by Gasteiger charge is 2.31. The Morgan fingerprint density at radius 2 is 2.19 bits per heavy atom. The van der Waals surface area contributed by atoms with Crippen molar-refractivity contribution in [2.75, 3.05) is 32.1 Å². The van der Waals surface area contributed by atoms with Crippen LogP contribution in [0.2, 0.25) is 0 Å². The third kappa shape index (κ3) is 2.28. The van der Waals surface area contributed by atoms with Crippen LogP contribution in [0.4, 0.5) is 5.69 Å². The van der Waals surface area contributed by atoms with Crippen LogP contribution in [0.15, 0.2) is 24.3 Å². The van der Waals surface area contributed by atoms with E-state index in [1.807, 2.05) is 24.3 Å². The topological polar surface area (TPSA) is 59.3 Å². The molecule has 1 aromatic rings. The van der Waals surface area contributed by atoms with Gasteiger partial charge in [-0.1, -0.05) is 0 Å². The fraction of sp³-hybridized carbons (Fsp3) is 0.500. The van der Waals surface area contributed by atoms with Crippen LogP contribution < -0.4 is 21.1 Å². The minimum atomic E-state index is 0.00852. The van der Waals surface area contributed by atoms with Gasteiger partial charge in [0.05, 0.1) is 12.6 Å². The number of rotatable bonds is 4. The van der Waals surface area contributed by atoms with E-state index in [4.69, 9.17) is 10.5 Å². The molecular formula is C12H19N3O. The number of hydrogen-bond donors (Lipinski definition) is 3. The minimum Gasteiger partial charge on any atom is -0.497 e. The van der Waals surface area contributed by atoms with E-state index in [1.165, 1.54) is 0 Å². The van der Waals surface area contributed by atoms with Gasteiger partial charge < -0.3 is 21.1 Å². The molecule has 1 unspecified atom stereocenters. The quantitative estimate of drug-likeness (QED) is 0.704. The summed E-state index contributed by atoms with van der Waals surface area (Å²) < 4.78 is 5.13. The van der Waals surface area contributed by atoms with Crippen LogP contribution in [0, 0.1) is 0 Å². The van der Waals surface area contributed by atoms with Crippen LogP contribution in [0.3, 0.4) is 0 Å². The summed E-state index contributed by atoms with van der Waals surface area (Å²) in [5, 5.41) is 6.85. The zero-order valence-electron chi connectivity index (χ0n) is 9.62. The summed E-state index contributed by atoms with van der Waals surface area (Å²) in [5.74, 6) is 0.872. The third-order valence-corrected chi connectivity index (χ3v) is 3.13. The Morgan fingerprint density at radius 1 is 1.44 bits per heavy atom. The van der Waals surface area contributed by atoms with Crippen molar-refractivity contribution in [2.45, 2.75) is 12.0 Å². The van der Waals surface area contributed by atoms with E-state index in [-0.39, 0.29) is 5.54 Å². The van der Waals surface area contributed by atoms with Crippen molar-refractivity contribution in [1.82, 2.24) is 5.32 Å². The Balaban J connectivity index is 2.07. The lowest BCUT2D eigenvalue weighted by Crippen LogP contribution is -2.47. The molecule has 0 spiro atoms. The Kier molecular flexibility index (Phi) is 3.31. The lowest BCUT2D eigenvalue weighted by Gasteiger charge is -2.29. The molecule has 1 fully saturated rings. The van der Waals surface area contributed by atoms with Gasteiger partial charge in [0, 0.05) is 18.8 Å². The first-order chi connectivity index (χ1) is 7.78. The van der Waals surface area contributed by atoms with Gasteiger partial charge in [0.25, 0.3) is 0 Å². The highest BCUT2D eigenvalue weighted by atomic mass is 16.5. The third-order valence-electron chi connectivity index (χ3n) is 3.13. The second-order valence-corrected chi connectivity index (χ2v) is 4.26. The number of nitrogens with two attached hydrogens (primary N) is 1. The fourth-order valence-electron chi connectivity index (χ4n) is 2.06. The first-order valence-electron chi connectivity index (χ1n) is 5.61. The SMILES string of the molecule is COc1ccc(NC2(CN)CCNC2)cc1. The molecule has 4 heteroatoms. The van der Waals surface area contributed by atoms with Crippen molar-refractivity contribution < 1.29 is 4.74 Å². The Bertz CT molecular complexity index is 331. The zero-order valence-corrected chi connectivity index (χ0v) is 9.62. The summed E-state index contributed by atoms with van der Waals surface area (Å²) in [6.07, 6.45) is 1.07. The summed E-state index contributed by atoms with van der Waals surface area (Å²) in [6, 6.07) is 7.95. The molecule has 1 aromatic carbocycles. The lowest BCUT2D eigenvalue weighted by molar-refractivity contribution is 0.415. The monoisotopic (exact) mass is 221 g/mol. The van der Waals surface area contributed by atoms with Gasteiger partial charge in [-0.05, 0) is 37.2 Å². The smallest absolute Gasteiger partial charge is 0.119 e. The van der Waals surface area contributed by atoms with Crippen LogP contribution in [0.5, 0.6) is 5.75 Å². The molecule has 0 bridgehead atoms. The second kappa shape index (κ2) is 4.72. The van der Waals surface area contributed by atoms with E-state index in [9.17, 15) is 0 Å². The highest BCUT2D eigenvalue weighted by molar-refractivity contribution is 5.49. The van der Waals surface area contributed by atoms with E-state index >= 15 is 0 Å².